The van der Waals surface area contributed by atoms with Crippen LogP contribution in [0.2, 0.25) is 0 Å². The van der Waals surface area contributed by atoms with Gasteiger partial charge in [-0.2, -0.15) is 0 Å². The molecule has 5 heterocycles. The molecule has 4 N–H and O–H groups in total. The molecule has 0 radical (unpaired) electrons. The van der Waals surface area contributed by atoms with Gasteiger partial charge in [-0.3, -0.25) is 9.69 Å². The number of benzene rings is 1. The number of anilines is 2. The first-order chi connectivity index (χ1) is 20.3. The number of hydrogen-bond acceptors (Lipinski definition) is 10. The van der Waals surface area contributed by atoms with E-state index >= 15 is 8.78 Å². The van der Waals surface area contributed by atoms with E-state index in [0.29, 0.717) is 68.8 Å². The minimum absolute atomic E-state index is 0.0293. The molecule has 15 heteroatoms. The fourth-order valence-corrected chi connectivity index (χ4v) is 6.51. The van der Waals surface area contributed by atoms with Crippen molar-refractivity contribution >= 4 is 34.7 Å². The zero-order chi connectivity index (χ0) is 29.2. The normalized spacial score (nSPS) is 20.9. The summed E-state index contributed by atoms with van der Waals surface area (Å²) < 4.78 is 42.1. The molecule has 222 valence electrons. The van der Waals surface area contributed by atoms with Crippen LogP contribution >= 0.6 is 0 Å². The summed E-state index contributed by atoms with van der Waals surface area (Å²) in [6.07, 6.45) is 2.93. The summed E-state index contributed by atoms with van der Waals surface area (Å²) in [6.45, 7) is 1.90. The van der Waals surface area contributed by atoms with E-state index in [-0.39, 0.29) is 53.6 Å². The summed E-state index contributed by atoms with van der Waals surface area (Å²) in [6, 6.07) is -0.546. The topological polar surface area (TPSA) is 158 Å². The lowest BCUT2D eigenvalue weighted by atomic mass is 9.90. The molecule has 42 heavy (non-hydrogen) atoms. The molecule has 4 aliphatic rings. The third-order valence-corrected chi connectivity index (χ3v) is 8.75. The summed E-state index contributed by atoms with van der Waals surface area (Å²) in [5.41, 5.74) is 0.0636. The number of nitrogens with one attached hydrogen (secondary N) is 3. The van der Waals surface area contributed by atoms with E-state index in [4.69, 9.17) is 9.47 Å². The average molecular weight is 585 g/mol. The SMILES string of the molecule is CN[C@H](CO)c1nc2c(F)c3c(c(F)c2[nH]1)CC(CN1CCC2(CC1)CN(c1cnc4c(n1)NC(=O)CO4)C(=O)O2)C3. The lowest BCUT2D eigenvalue weighted by Gasteiger charge is -2.38. The van der Waals surface area contributed by atoms with Crippen molar-refractivity contribution in [2.75, 3.05) is 56.7 Å². The van der Waals surface area contributed by atoms with Crippen molar-refractivity contribution in [1.82, 2.24) is 30.2 Å². The van der Waals surface area contributed by atoms with E-state index in [1.54, 1.807) is 7.05 Å². The maximum atomic E-state index is 15.5. The van der Waals surface area contributed by atoms with Crippen LogP contribution in [0.25, 0.3) is 11.0 Å². The van der Waals surface area contributed by atoms with Gasteiger partial charge >= 0.3 is 6.09 Å². The third-order valence-electron chi connectivity index (χ3n) is 8.75. The van der Waals surface area contributed by atoms with Crippen LogP contribution in [0.3, 0.4) is 0 Å². The Balaban J connectivity index is 0.997. The van der Waals surface area contributed by atoms with Crippen LogP contribution in [0, 0.1) is 17.6 Å². The molecule has 2 saturated heterocycles. The molecule has 7 rings (SSSR count). The fraction of sp³-hybridized carbons (Fsp3) is 0.519. The maximum absolute atomic E-state index is 15.5. The highest BCUT2D eigenvalue weighted by Crippen LogP contribution is 2.39. The molecular weight excluding hydrogens is 554 g/mol. The lowest BCUT2D eigenvalue weighted by molar-refractivity contribution is -0.118. The van der Waals surface area contributed by atoms with Crippen molar-refractivity contribution in [2.24, 2.45) is 5.92 Å². The number of aliphatic hydroxyl groups is 1. The predicted molar refractivity (Wildman–Crippen MR) is 144 cm³/mol. The van der Waals surface area contributed by atoms with Crippen molar-refractivity contribution in [3.8, 4) is 5.88 Å². The lowest BCUT2D eigenvalue weighted by Crippen LogP contribution is -2.48. The Bertz CT molecular complexity index is 1540. The third kappa shape index (κ3) is 4.42. The van der Waals surface area contributed by atoms with Gasteiger partial charge in [0.15, 0.2) is 29.9 Å². The van der Waals surface area contributed by atoms with Gasteiger partial charge in [0, 0.05) is 32.5 Å². The number of aromatic amines is 1. The van der Waals surface area contributed by atoms with Crippen molar-refractivity contribution < 1.29 is 33.0 Å². The highest BCUT2D eigenvalue weighted by molar-refractivity contribution is 5.94. The molecule has 13 nitrogen and oxygen atoms in total. The summed E-state index contributed by atoms with van der Waals surface area (Å²) >= 11 is 0. The number of carbonyl (C=O) groups is 2. The van der Waals surface area contributed by atoms with E-state index < -0.39 is 29.4 Å². The number of nitrogens with zero attached hydrogens (tertiary/aromatic N) is 5. The minimum Gasteiger partial charge on any atom is -0.465 e. The van der Waals surface area contributed by atoms with E-state index in [2.05, 4.69) is 35.5 Å². The van der Waals surface area contributed by atoms with Crippen LogP contribution in [-0.2, 0) is 22.4 Å². The first kappa shape index (κ1) is 26.9. The Morgan fingerprint density at radius 3 is 2.69 bits per heavy atom. The molecule has 2 aromatic heterocycles. The molecule has 0 bridgehead atoms. The number of H-pyrrole nitrogens is 1. The molecule has 1 aliphatic carbocycles. The van der Waals surface area contributed by atoms with Crippen molar-refractivity contribution in [2.45, 2.75) is 37.3 Å². The number of imidazole rings is 1. The number of likely N-dealkylation sites (tertiary alicyclic amines) is 1. The number of piperidine rings is 1. The molecule has 2 fully saturated rings. The van der Waals surface area contributed by atoms with Gasteiger partial charge in [0.2, 0.25) is 0 Å². The Morgan fingerprint density at radius 1 is 1.19 bits per heavy atom. The molecule has 1 aromatic carbocycles. The Hall–Kier alpha value is -3.95. The van der Waals surface area contributed by atoms with Crippen molar-refractivity contribution in [3.05, 3.63) is 34.8 Å². The average Bonchev–Trinajstić information content (AvgIpc) is 3.70. The van der Waals surface area contributed by atoms with Crippen LogP contribution in [0.1, 0.15) is 35.8 Å². The quantitative estimate of drug-likeness (QED) is 0.334. The highest BCUT2D eigenvalue weighted by Gasteiger charge is 2.48. The van der Waals surface area contributed by atoms with Gasteiger partial charge in [-0.25, -0.2) is 28.5 Å². The van der Waals surface area contributed by atoms with Crippen LogP contribution < -0.4 is 20.3 Å². The molecule has 2 amide bonds. The van der Waals surface area contributed by atoms with E-state index in [1.165, 1.54) is 11.1 Å². The van der Waals surface area contributed by atoms with Gasteiger partial charge in [0.25, 0.3) is 11.8 Å². The van der Waals surface area contributed by atoms with E-state index in [0.717, 1.165) is 0 Å². The zero-order valence-electron chi connectivity index (χ0n) is 22.9. The monoisotopic (exact) mass is 584 g/mol. The minimum atomic E-state index is -0.677. The van der Waals surface area contributed by atoms with Gasteiger partial charge in [-0.15, -0.1) is 0 Å². The van der Waals surface area contributed by atoms with Crippen LogP contribution in [0.15, 0.2) is 6.20 Å². The number of aromatic nitrogens is 4. The number of aliphatic hydroxyl groups excluding tert-OH is 1. The summed E-state index contributed by atoms with van der Waals surface area (Å²) in [5, 5.41) is 15.0. The number of fused-ring (bicyclic) bond motifs is 3. The second-order valence-electron chi connectivity index (χ2n) is 11.4. The number of rotatable bonds is 6. The van der Waals surface area contributed by atoms with Gasteiger partial charge in [-0.1, -0.05) is 0 Å². The summed E-state index contributed by atoms with van der Waals surface area (Å²) in [5.74, 6) is -0.371. The second kappa shape index (κ2) is 10.1. The largest absolute Gasteiger partial charge is 0.465 e. The first-order valence-corrected chi connectivity index (χ1v) is 14.0. The van der Waals surface area contributed by atoms with Crippen molar-refractivity contribution in [3.63, 3.8) is 0 Å². The molecule has 3 aliphatic heterocycles. The second-order valence-corrected chi connectivity index (χ2v) is 11.4. The van der Waals surface area contributed by atoms with Gasteiger partial charge in [0.1, 0.15) is 22.5 Å². The molecule has 1 unspecified atom stereocenters. The molecular formula is C27H30F2N8O5. The number of likely N-dealkylation sites (N-methyl/N-ethyl adjacent to an activating group) is 1. The van der Waals surface area contributed by atoms with E-state index in [9.17, 15) is 14.7 Å². The molecule has 3 aromatic rings. The molecule has 0 saturated carbocycles. The highest BCUT2D eigenvalue weighted by atomic mass is 19.1. The first-order valence-electron chi connectivity index (χ1n) is 14.0. The number of ether oxygens (including phenoxy) is 2. The number of hydrogen-bond donors (Lipinski definition) is 4. The Morgan fingerprint density at radius 2 is 1.95 bits per heavy atom. The van der Waals surface area contributed by atoms with Crippen LogP contribution in [0.4, 0.5) is 25.2 Å². The number of amides is 2. The fourth-order valence-electron chi connectivity index (χ4n) is 6.51. The molecule has 1 spiro atoms. The molecule has 2 atom stereocenters. The summed E-state index contributed by atoms with van der Waals surface area (Å²) in [4.78, 5) is 43.8. The van der Waals surface area contributed by atoms with Gasteiger partial charge in [-0.05, 0) is 36.9 Å². The predicted octanol–water partition coefficient (Wildman–Crippen LogP) is 1.42. The number of halogens is 2. The Labute approximate surface area is 238 Å². The van der Waals surface area contributed by atoms with Crippen LogP contribution in [0.5, 0.6) is 5.88 Å². The zero-order valence-corrected chi connectivity index (χ0v) is 22.9. The smallest absolute Gasteiger partial charge is 0.416 e. The number of carbonyl (C=O) groups excluding carboxylic acids is 2. The standard InChI is InChI=1S/C27H30F2N8O5/c1-30-16(10-38)23-34-21-19(28)14-6-13(7-15(14)20(29)22(21)35-23)9-36-4-2-27(3-5-36)12-37(26(40)42-27)17-8-31-25-24(32-17)33-18(39)11-41-25/h8,13,16,30,38H,2-7,9-12H2,1H3,(H,34,35)(H,32,33,39)/t16-/m1/s1. The van der Waals surface area contributed by atoms with Crippen molar-refractivity contribution in [1.29, 1.82) is 0 Å². The van der Waals surface area contributed by atoms with E-state index in [1.807, 2.05) is 0 Å². The Kier molecular flexibility index (Phi) is 6.47. The van der Waals surface area contributed by atoms with Gasteiger partial charge in [0.05, 0.1) is 25.4 Å². The van der Waals surface area contributed by atoms with Crippen LogP contribution in [-0.4, -0.2) is 94.0 Å². The summed E-state index contributed by atoms with van der Waals surface area (Å²) in [7, 11) is 1.64. The maximum Gasteiger partial charge on any atom is 0.416 e. The van der Waals surface area contributed by atoms with Gasteiger partial charge < -0.3 is 35.1 Å².